The summed E-state index contributed by atoms with van der Waals surface area (Å²) in [6.45, 7) is 5.61. The quantitative estimate of drug-likeness (QED) is 0.568. The fourth-order valence-corrected chi connectivity index (χ4v) is 2.33. The predicted molar refractivity (Wildman–Crippen MR) is 72.1 cm³/mol. The van der Waals surface area contributed by atoms with Crippen LogP contribution in [0.15, 0.2) is 15.2 Å². The number of ether oxygens (including phenoxy) is 2. The predicted octanol–water partition coefficient (Wildman–Crippen LogP) is 3.62. The molecule has 17 heavy (non-hydrogen) atoms. The van der Waals surface area contributed by atoms with Gasteiger partial charge in [0, 0.05) is 12.2 Å². The first-order valence-corrected chi connectivity index (χ1v) is 7.21. The summed E-state index contributed by atoms with van der Waals surface area (Å²) in [7, 11) is 0. The van der Waals surface area contributed by atoms with Gasteiger partial charge in [0.15, 0.2) is 0 Å². The fraction of sp³-hybridized carbons (Fsp3) is 0.583. The van der Waals surface area contributed by atoms with Crippen LogP contribution in [0.4, 0.5) is 0 Å². The number of esters is 1. The van der Waals surface area contributed by atoms with Gasteiger partial charge >= 0.3 is 5.97 Å². The molecule has 0 spiro atoms. The van der Waals surface area contributed by atoms with Crippen LogP contribution in [0.5, 0.6) is 0 Å². The van der Waals surface area contributed by atoms with Gasteiger partial charge < -0.3 is 9.47 Å². The second kappa shape index (κ2) is 7.84. The third kappa shape index (κ3) is 6.81. The molecule has 0 bridgehead atoms. The lowest BCUT2D eigenvalue weighted by Gasteiger charge is -2.06. The van der Waals surface area contributed by atoms with Crippen molar-refractivity contribution in [2.45, 2.75) is 26.9 Å². The summed E-state index contributed by atoms with van der Waals surface area (Å²) in [5, 5.41) is 1.96. The Morgan fingerprint density at radius 3 is 2.88 bits per heavy atom. The molecule has 0 atom stereocenters. The van der Waals surface area contributed by atoms with Crippen LogP contribution in [0.1, 0.15) is 25.8 Å². The highest BCUT2D eigenvalue weighted by atomic mass is 79.9. The van der Waals surface area contributed by atoms with Gasteiger partial charge in [0.2, 0.25) is 0 Å². The number of hydrogen-bond donors (Lipinski definition) is 0. The Morgan fingerprint density at radius 2 is 2.29 bits per heavy atom. The van der Waals surface area contributed by atoms with Crippen molar-refractivity contribution in [2.75, 3.05) is 13.2 Å². The van der Waals surface area contributed by atoms with Gasteiger partial charge in [0.05, 0.1) is 16.8 Å². The van der Waals surface area contributed by atoms with E-state index in [2.05, 4.69) is 29.8 Å². The first kappa shape index (κ1) is 14.7. The molecular formula is C12H17BrO3S. The highest BCUT2D eigenvalue weighted by Crippen LogP contribution is 2.21. The van der Waals surface area contributed by atoms with Crippen molar-refractivity contribution >= 4 is 33.2 Å². The van der Waals surface area contributed by atoms with E-state index in [9.17, 15) is 4.79 Å². The zero-order valence-electron chi connectivity index (χ0n) is 10.1. The van der Waals surface area contributed by atoms with Gasteiger partial charge in [-0.3, -0.25) is 4.79 Å². The molecule has 0 aliphatic heterocycles. The smallest absolute Gasteiger partial charge is 0.308 e. The van der Waals surface area contributed by atoms with Crippen molar-refractivity contribution in [3.8, 4) is 0 Å². The third-order valence-corrected chi connectivity index (χ3v) is 3.48. The van der Waals surface area contributed by atoms with Gasteiger partial charge in [-0.05, 0) is 33.3 Å². The van der Waals surface area contributed by atoms with E-state index in [0.717, 1.165) is 9.35 Å². The van der Waals surface area contributed by atoms with Gasteiger partial charge in [0.25, 0.3) is 0 Å². The molecule has 0 aromatic carbocycles. The Balaban J connectivity index is 2.09. The van der Waals surface area contributed by atoms with Crippen molar-refractivity contribution < 1.29 is 14.3 Å². The standard InChI is InChI=1S/C12H17BrO3S/c1-9(2)6-15-4-3-12(14)16-7-10-5-11(13)17-8-10/h5,8-9H,3-4,6-7H2,1-2H3. The Morgan fingerprint density at radius 1 is 1.53 bits per heavy atom. The van der Waals surface area contributed by atoms with Crippen LogP contribution in [0.2, 0.25) is 0 Å². The van der Waals surface area contributed by atoms with Gasteiger partial charge in [-0.25, -0.2) is 0 Å². The first-order chi connectivity index (χ1) is 8.08. The van der Waals surface area contributed by atoms with Gasteiger partial charge in [-0.2, -0.15) is 0 Å². The summed E-state index contributed by atoms with van der Waals surface area (Å²) < 4.78 is 11.5. The third-order valence-electron chi connectivity index (χ3n) is 1.92. The summed E-state index contributed by atoms with van der Waals surface area (Å²) in [6.07, 6.45) is 0.317. The normalized spacial score (nSPS) is 10.8. The highest BCUT2D eigenvalue weighted by molar-refractivity contribution is 9.11. The van der Waals surface area contributed by atoms with Crippen LogP contribution >= 0.6 is 27.3 Å². The van der Waals surface area contributed by atoms with Gasteiger partial charge in [-0.1, -0.05) is 13.8 Å². The average Bonchev–Trinajstić information content (AvgIpc) is 2.67. The minimum absolute atomic E-state index is 0.212. The van der Waals surface area contributed by atoms with E-state index >= 15 is 0 Å². The molecule has 0 aliphatic carbocycles. The monoisotopic (exact) mass is 320 g/mol. The number of halogens is 1. The van der Waals surface area contributed by atoms with Gasteiger partial charge in [-0.15, -0.1) is 11.3 Å². The molecule has 0 N–H and O–H groups in total. The van der Waals surface area contributed by atoms with E-state index in [-0.39, 0.29) is 5.97 Å². The molecule has 1 aromatic rings. The van der Waals surface area contributed by atoms with Crippen molar-refractivity contribution in [1.29, 1.82) is 0 Å². The topological polar surface area (TPSA) is 35.5 Å². The largest absolute Gasteiger partial charge is 0.461 e. The Labute approximate surface area is 114 Å². The van der Waals surface area contributed by atoms with Gasteiger partial charge in [0.1, 0.15) is 6.61 Å². The molecule has 1 heterocycles. The lowest BCUT2D eigenvalue weighted by Crippen LogP contribution is -2.10. The van der Waals surface area contributed by atoms with Crippen molar-refractivity contribution in [1.82, 2.24) is 0 Å². The van der Waals surface area contributed by atoms with Crippen LogP contribution in [0.3, 0.4) is 0 Å². The summed E-state index contributed by atoms with van der Waals surface area (Å²) in [5.41, 5.74) is 1.01. The molecule has 0 amide bonds. The molecule has 3 nitrogen and oxygen atoms in total. The molecule has 0 saturated heterocycles. The van der Waals surface area contributed by atoms with E-state index in [4.69, 9.17) is 9.47 Å². The van der Waals surface area contributed by atoms with E-state index in [1.165, 1.54) is 0 Å². The summed E-state index contributed by atoms with van der Waals surface area (Å²) in [5.74, 6) is 0.283. The van der Waals surface area contributed by atoms with Crippen LogP contribution < -0.4 is 0 Å². The van der Waals surface area contributed by atoms with E-state index < -0.39 is 0 Å². The van der Waals surface area contributed by atoms with Crippen molar-refractivity contribution in [3.05, 3.63) is 20.8 Å². The number of carbonyl (C=O) groups excluding carboxylic acids is 1. The molecule has 0 saturated carbocycles. The zero-order valence-corrected chi connectivity index (χ0v) is 12.5. The highest BCUT2D eigenvalue weighted by Gasteiger charge is 2.05. The number of carbonyl (C=O) groups is 1. The molecule has 96 valence electrons. The first-order valence-electron chi connectivity index (χ1n) is 5.54. The van der Waals surface area contributed by atoms with Crippen LogP contribution in [-0.2, 0) is 20.9 Å². The Kier molecular flexibility index (Phi) is 6.77. The Hall–Kier alpha value is -0.390. The van der Waals surface area contributed by atoms with E-state index in [1.54, 1.807) is 11.3 Å². The minimum Gasteiger partial charge on any atom is -0.461 e. The molecule has 1 aromatic heterocycles. The molecule has 1 rings (SSSR count). The second-order valence-electron chi connectivity index (χ2n) is 4.14. The lowest BCUT2D eigenvalue weighted by molar-refractivity contribution is -0.146. The maximum absolute atomic E-state index is 11.4. The van der Waals surface area contributed by atoms with Crippen molar-refractivity contribution in [2.24, 2.45) is 5.92 Å². The zero-order chi connectivity index (χ0) is 12.7. The molecule has 0 fully saturated rings. The average molecular weight is 321 g/mol. The number of hydrogen-bond acceptors (Lipinski definition) is 4. The van der Waals surface area contributed by atoms with E-state index in [1.807, 2.05) is 11.4 Å². The fourth-order valence-electron chi connectivity index (χ4n) is 1.13. The van der Waals surface area contributed by atoms with Crippen LogP contribution in [0.25, 0.3) is 0 Å². The molecular weight excluding hydrogens is 304 g/mol. The molecule has 0 unspecified atom stereocenters. The molecule has 0 radical (unpaired) electrons. The number of rotatable bonds is 7. The Bertz CT molecular complexity index is 349. The van der Waals surface area contributed by atoms with Crippen molar-refractivity contribution in [3.63, 3.8) is 0 Å². The molecule has 0 aliphatic rings. The summed E-state index contributed by atoms with van der Waals surface area (Å²) in [6, 6.07) is 1.95. The SMILES string of the molecule is CC(C)COCCC(=O)OCc1csc(Br)c1. The summed E-state index contributed by atoms with van der Waals surface area (Å²) >= 11 is 4.94. The van der Waals surface area contributed by atoms with Crippen LogP contribution in [0, 0.1) is 5.92 Å². The number of thiophene rings is 1. The lowest BCUT2D eigenvalue weighted by atomic mass is 10.2. The second-order valence-corrected chi connectivity index (χ2v) is 6.43. The summed E-state index contributed by atoms with van der Waals surface area (Å²) in [4.78, 5) is 11.4. The van der Waals surface area contributed by atoms with E-state index in [0.29, 0.717) is 32.2 Å². The minimum atomic E-state index is -0.212. The maximum atomic E-state index is 11.4. The van der Waals surface area contributed by atoms with Crippen LogP contribution in [-0.4, -0.2) is 19.2 Å². The maximum Gasteiger partial charge on any atom is 0.308 e. The molecule has 5 heteroatoms.